The number of carbonyl (C=O) groups excluding carboxylic acids is 1. The van der Waals surface area contributed by atoms with Crippen LogP contribution in [0, 0.1) is 0 Å². The Morgan fingerprint density at radius 3 is 2.74 bits per heavy atom. The number of rotatable bonds is 5. The molecule has 0 atom stereocenters. The molecule has 0 saturated carbocycles. The third-order valence-electron chi connectivity index (χ3n) is 3.77. The summed E-state index contributed by atoms with van der Waals surface area (Å²) in [5.74, 6) is 1.45. The number of fused-ring (bicyclic) bond motifs is 1. The first-order valence-corrected chi connectivity index (χ1v) is 7.59. The fraction of sp³-hybridized carbons (Fsp3) is 0.211. The maximum atomic E-state index is 12.2. The van der Waals surface area contributed by atoms with Gasteiger partial charge in [-0.15, -0.1) is 0 Å². The molecule has 0 fully saturated rings. The van der Waals surface area contributed by atoms with E-state index in [1.54, 1.807) is 17.1 Å². The molecule has 0 aliphatic carbocycles. The number of benzene rings is 2. The van der Waals surface area contributed by atoms with E-state index >= 15 is 0 Å². The van der Waals surface area contributed by atoms with E-state index in [2.05, 4.69) is 12.1 Å². The van der Waals surface area contributed by atoms with Crippen molar-refractivity contribution in [3.05, 3.63) is 65.7 Å². The van der Waals surface area contributed by atoms with Crippen LogP contribution in [0.4, 0.5) is 0 Å². The number of hydrogen-bond acceptors (Lipinski definition) is 3. The van der Waals surface area contributed by atoms with Crippen molar-refractivity contribution < 1.29 is 14.3 Å². The number of amides is 1. The van der Waals surface area contributed by atoms with E-state index in [4.69, 9.17) is 9.47 Å². The molecule has 1 aliphatic heterocycles. The third-order valence-corrected chi connectivity index (χ3v) is 3.77. The van der Waals surface area contributed by atoms with Crippen molar-refractivity contribution in [1.29, 1.82) is 0 Å². The van der Waals surface area contributed by atoms with Gasteiger partial charge in [-0.25, -0.2) is 0 Å². The summed E-state index contributed by atoms with van der Waals surface area (Å²) in [4.78, 5) is 13.9. The van der Waals surface area contributed by atoms with Gasteiger partial charge in [-0.3, -0.25) is 4.79 Å². The van der Waals surface area contributed by atoms with Gasteiger partial charge in [-0.05, 0) is 35.8 Å². The predicted octanol–water partition coefficient (Wildman–Crippen LogP) is 3.13. The number of hydrogen-bond donors (Lipinski definition) is 0. The summed E-state index contributed by atoms with van der Waals surface area (Å²) in [5, 5.41) is 0. The minimum absolute atomic E-state index is 0.0152. The lowest BCUT2D eigenvalue weighted by Crippen LogP contribution is -2.27. The molecule has 0 bridgehead atoms. The Kier molecular flexibility index (Phi) is 4.62. The van der Waals surface area contributed by atoms with Gasteiger partial charge < -0.3 is 14.4 Å². The zero-order valence-electron chi connectivity index (χ0n) is 13.1. The fourth-order valence-electron chi connectivity index (χ4n) is 2.36. The van der Waals surface area contributed by atoms with Crippen LogP contribution in [0.2, 0.25) is 0 Å². The zero-order chi connectivity index (χ0) is 16.1. The van der Waals surface area contributed by atoms with Crippen LogP contribution in [-0.2, 0) is 11.2 Å². The molecule has 4 heteroatoms. The molecule has 4 nitrogen and oxygen atoms in total. The van der Waals surface area contributed by atoms with Crippen molar-refractivity contribution in [2.75, 3.05) is 20.4 Å². The molecule has 2 aromatic carbocycles. The highest BCUT2D eigenvalue weighted by atomic mass is 16.7. The molecule has 1 aliphatic rings. The second kappa shape index (κ2) is 7.01. The van der Waals surface area contributed by atoms with Crippen molar-refractivity contribution in [1.82, 2.24) is 4.90 Å². The molecule has 118 valence electrons. The summed E-state index contributed by atoms with van der Waals surface area (Å²) in [6.07, 6.45) is 4.23. The Labute approximate surface area is 135 Å². The average molecular weight is 309 g/mol. The molecule has 1 heterocycles. The first-order chi connectivity index (χ1) is 11.2. The highest BCUT2D eigenvalue weighted by Crippen LogP contribution is 2.32. The van der Waals surface area contributed by atoms with Crippen molar-refractivity contribution in [3.63, 3.8) is 0 Å². The molecule has 0 saturated heterocycles. The number of likely N-dealkylation sites (N-methyl/N-ethyl adjacent to an activating group) is 1. The molecule has 0 spiro atoms. The van der Waals surface area contributed by atoms with Gasteiger partial charge in [-0.1, -0.05) is 36.4 Å². The van der Waals surface area contributed by atoms with Gasteiger partial charge in [0.05, 0.1) is 0 Å². The molecular weight excluding hydrogens is 290 g/mol. The number of ether oxygens (including phenoxy) is 2. The molecule has 0 aromatic heterocycles. The Morgan fingerprint density at radius 2 is 1.91 bits per heavy atom. The Hall–Kier alpha value is -2.75. The lowest BCUT2D eigenvalue weighted by molar-refractivity contribution is -0.124. The highest BCUT2D eigenvalue weighted by molar-refractivity contribution is 5.91. The van der Waals surface area contributed by atoms with E-state index in [9.17, 15) is 4.79 Å². The van der Waals surface area contributed by atoms with E-state index in [1.807, 2.05) is 43.4 Å². The van der Waals surface area contributed by atoms with E-state index in [-0.39, 0.29) is 12.7 Å². The lowest BCUT2D eigenvalue weighted by Gasteiger charge is -2.14. The smallest absolute Gasteiger partial charge is 0.246 e. The van der Waals surface area contributed by atoms with Crippen LogP contribution in [0.1, 0.15) is 11.1 Å². The Bertz CT molecular complexity index is 710. The number of carbonyl (C=O) groups is 1. The second-order valence-electron chi connectivity index (χ2n) is 5.44. The van der Waals surface area contributed by atoms with Crippen molar-refractivity contribution >= 4 is 12.0 Å². The van der Waals surface area contributed by atoms with Crippen molar-refractivity contribution in [3.8, 4) is 11.5 Å². The van der Waals surface area contributed by atoms with Gasteiger partial charge in [-0.2, -0.15) is 0 Å². The van der Waals surface area contributed by atoms with E-state index < -0.39 is 0 Å². The molecule has 3 rings (SSSR count). The summed E-state index contributed by atoms with van der Waals surface area (Å²) in [6.45, 7) is 0.942. The maximum Gasteiger partial charge on any atom is 0.246 e. The minimum Gasteiger partial charge on any atom is -0.454 e. The molecule has 23 heavy (non-hydrogen) atoms. The molecule has 0 radical (unpaired) electrons. The standard InChI is InChI=1S/C19H19NO3/c1-20(12-11-15-5-3-2-4-6-15)19(21)10-8-16-7-9-17-18(13-16)23-14-22-17/h2-10,13H,11-12,14H2,1H3. The third kappa shape index (κ3) is 3.92. The van der Waals surface area contributed by atoms with Crippen LogP contribution in [-0.4, -0.2) is 31.2 Å². The maximum absolute atomic E-state index is 12.2. The minimum atomic E-state index is -0.0152. The van der Waals surface area contributed by atoms with Crippen LogP contribution >= 0.6 is 0 Å². The molecule has 0 unspecified atom stereocenters. The van der Waals surface area contributed by atoms with Crippen molar-refractivity contribution in [2.24, 2.45) is 0 Å². The quantitative estimate of drug-likeness (QED) is 0.797. The SMILES string of the molecule is CN(CCc1ccccc1)C(=O)C=Cc1ccc2c(c1)OCO2. The van der Waals surface area contributed by atoms with Gasteiger partial charge in [0.2, 0.25) is 12.7 Å². The largest absolute Gasteiger partial charge is 0.454 e. The van der Waals surface area contributed by atoms with Gasteiger partial charge in [0, 0.05) is 19.7 Å². The highest BCUT2D eigenvalue weighted by Gasteiger charge is 2.12. The second-order valence-corrected chi connectivity index (χ2v) is 5.44. The molecule has 0 N–H and O–H groups in total. The first kappa shape index (κ1) is 15.2. The first-order valence-electron chi connectivity index (χ1n) is 7.59. The van der Waals surface area contributed by atoms with Crippen LogP contribution in [0.3, 0.4) is 0 Å². The lowest BCUT2D eigenvalue weighted by atomic mass is 10.1. The van der Waals surface area contributed by atoms with E-state index in [0.717, 1.165) is 23.5 Å². The Morgan fingerprint density at radius 1 is 1.13 bits per heavy atom. The predicted molar refractivity (Wildman–Crippen MR) is 89.4 cm³/mol. The summed E-state index contributed by atoms with van der Waals surface area (Å²) in [5.41, 5.74) is 2.14. The fourth-order valence-corrected chi connectivity index (χ4v) is 2.36. The van der Waals surface area contributed by atoms with Gasteiger partial charge in [0.25, 0.3) is 0 Å². The summed E-state index contributed by atoms with van der Waals surface area (Å²) >= 11 is 0. The molecule has 1 amide bonds. The van der Waals surface area contributed by atoms with Gasteiger partial charge in [0.1, 0.15) is 0 Å². The molecular formula is C19H19NO3. The normalized spacial score (nSPS) is 12.6. The summed E-state index contributed by atoms with van der Waals surface area (Å²) in [7, 11) is 1.81. The average Bonchev–Trinajstić information content (AvgIpc) is 3.06. The number of nitrogens with zero attached hydrogens (tertiary/aromatic N) is 1. The monoisotopic (exact) mass is 309 g/mol. The van der Waals surface area contributed by atoms with Gasteiger partial charge >= 0.3 is 0 Å². The Balaban J connectivity index is 1.55. The zero-order valence-corrected chi connectivity index (χ0v) is 13.1. The topological polar surface area (TPSA) is 38.8 Å². The van der Waals surface area contributed by atoms with Crippen LogP contribution < -0.4 is 9.47 Å². The van der Waals surface area contributed by atoms with Crippen LogP contribution in [0.5, 0.6) is 11.5 Å². The van der Waals surface area contributed by atoms with Crippen LogP contribution in [0.15, 0.2) is 54.6 Å². The van der Waals surface area contributed by atoms with Crippen molar-refractivity contribution in [2.45, 2.75) is 6.42 Å². The summed E-state index contributed by atoms with van der Waals surface area (Å²) < 4.78 is 10.6. The molecule has 2 aromatic rings. The van der Waals surface area contributed by atoms with Gasteiger partial charge in [0.15, 0.2) is 11.5 Å². The summed E-state index contributed by atoms with van der Waals surface area (Å²) in [6, 6.07) is 15.8. The van der Waals surface area contributed by atoms with Crippen LogP contribution in [0.25, 0.3) is 6.08 Å². The van der Waals surface area contributed by atoms with E-state index in [1.165, 1.54) is 5.56 Å². The van der Waals surface area contributed by atoms with E-state index in [0.29, 0.717) is 6.54 Å².